The Kier molecular flexibility index (Phi) is 7.42. The summed E-state index contributed by atoms with van der Waals surface area (Å²) in [6.07, 6.45) is 1.21. The fourth-order valence-corrected chi connectivity index (χ4v) is 4.37. The highest BCUT2D eigenvalue weighted by atomic mass is 19.3. The zero-order valence-corrected chi connectivity index (χ0v) is 21.0. The van der Waals surface area contributed by atoms with Gasteiger partial charge in [0.05, 0.1) is 6.61 Å². The Hall–Kier alpha value is -4.02. The van der Waals surface area contributed by atoms with E-state index in [9.17, 15) is 18.4 Å². The van der Waals surface area contributed by atoms with E-state index in [1.54, 1.807) is 24.8 Å². The Morgan fingerprint density at radius 2 is 1.89 bits per heavy atom. The van der Waals surface area contributed by atoms with Crippen molar-refractivity contribution < 1.29 is 32.3 Å². The largest absolute Gasteiger partial charge is 0.461 e. The number of ether oxygens (including phenoxy) is 2. The van der Waals surface area contributed by atoms with E-state index in [0.717, 1.165) is 11.1 Å². The zero-order valence-electron chi connectivity index (χ0n) is 21.0. The number of esters is 1. The molecule has 37 heavy (non-hydrogen) atoms. The normalized spacial score (nSPS) is 14.4. The van der Waals surface area contributed by atoms with Gasteiger partial charge in [0.15, 0.2) is 5.69 Å². The number of carbonyl (C=O) groups is 2. The molecular formula is C26H28F2N4O5. The van der Waals surface area contributed by atoms with E-state index in [1.165, 1.54) is 12.3 Å². The van der Waals surface area contributed by atoms with Gasteiger partial charge in [-0.3, -0.25) is 4.79 Å². The number of nitrogens with zero attached hydrogens (tertiary/aromatic N) is 3. The number of nitrogens with one attached hydrogen (secondary N) is 1. The van der Waals surface area contributed by atoms with Gasteiger partial charge < -0.3 is 24.1 Å². The quantitative estimate of drug-likeness (QED) is 0.411. The third-order valence-corrected chi connectivity index (χ3v) is 6.15. The minimum absolute atomic E-state index is 0.0286. The number of pyridine rings is 1. The molecule has 11 heteroatoms. The van der Waals surface area contributed by atoms with E-state index >= 15 is 0 Å². The fourth-order valence-electron chi connectivity index (χ4n) is 4.37. The van der Waals surface area contributed by atoms with Crippen LogP contribution in [0, 0.1) is 6.92 Å². The molecule has 2 aromatic heterocycles. The van der Waals surface area contributed by atoms with Crippen LogP contribution in [0.5, 0.6) is 5.88 Å². The first-order chi connectivity index (χ1) is 17.6. The fraction of sp³-hybridized carbons (Fsp3) is 0.385. The molecule has 3 aromatic rings. The van der Waals surface area contributed by atoms with Crippen LogP contribution >= 0.6 is 0 Å². The number of aromatic nitrogens is 2. The topological polar surface area (TPSA) is 107 Å². The van der Waals surface area contributed by atoms with Gasteiger partial charge in [0, 0.05) is 18.8 Å². The molecule has 0 saturated carbocycles. The highest BCUT2D eigenvalue weighted by Crippen LogP contribution is 2.42. The molecule has 1 fully saturated rings. The first-order valence-corrected chi connectivity index (χ1v) is 11.9. The van der Waals surface area contributed by atoms with Crippen LogP contribution in [0.1, 0.15) is 54.0 Å². The van der Waals surface area contributed by atoms with Gasteiger partial charge in [-0.15, -0.1) is 0 Å². The van der Waals surface area contributed by atoms with Crippen molar-refractivity contribution in [1.29, 1.82) is 0 Å². The van der Waals surface area contributed by atoms with E-state index in [1.807, 2.05) is 38.1 Å². The summed E-state index contributed by atoms with van der Waals surface area (Å²) in [5, 5.41) is 2.75. The molecule has 1 aliphatic heterocycles. The summed E-state index contributed by atoms with van der Waals surface area (Å²) >= 11 is 0. The summed E-state index contributed by atoms with van der Waals surface area (Å²) in [5.74, 6) is -1.27. The maximum absolute atomic E-state index is 13.9. The Labute approximate surface area is 212 Å². The molecule has 1 amide bonds. The second kappa shape index (κ2) is 10.5. The van der Waals surface area contributed by atoms with Crippen LogP contribution in [-0.2, 0) is 14.9 Å². The van der Waals surface area contributed by atoms with Gasteiger partial charge in [-0.2, -0.15) is 13.8 Å². The molecule has 1 saturated heterocycles. The average molecular weight is 515 g/mol. The van der Waals surface area contributed by atoms with Crippen LogP contribution in [0.25, 0.3) is 0 Å². The molecule has 9 nitrogen and oxygen atoms in total. The Balaban J connectivity index is 1.67. The number of amides is 1. The number of halogens is 2. The molecule has 1 aliphatic rings. The molecule has 1 aromatic carbocycles. The van der Waals surface area contributed by atoms with Gasteiger partial charge in [0.1, 0.15) is 17.4 Å². The first-order valence-electron chi connectivity index (χ1n) is 11.9. The number of rotatable bonds is 9. The SMILES string of the molecule is CCOC(=O)c1coc(N2CC(C(=O)Nc3ccc(C)nc3OC(F)F)(c3ccccc3C(C)C)C2)n1. The number of hydrogen-bond donors (Lipinski definition) is 1. The second-order valence-electron chi connectivity index (χ2n) is 9.05. The molecule has 3 heterocycles. The molecule has 1 N–H and O–H groups in total. The van der Waals surface area contributed by atoms with Gasteiger partial charge in [-0.25, -0.2) is 9.78 Å². The number of benzene rings is 1. The third-order valence-electron chi connectivity index (χ3n) is 6.15. The lowest BCUT2D eigenvalue weighted by atomic mass is 9.70. The first kappa shape index (κ1) is 26.1. The Morgan fingerprint density at radius 3 is 2.57 bits per heavy atom. The van der Waals surface area contributed by atoms with E-state index in [4.69, 9.17) is 9.15 Å². The van der Waals surface area contributed by atoms with Crippen molar-refractivity contribution in [2.24, 2.45) is 0 Å². The highest BCUT2D eigenvalue weighted by Gasteiger charge is 2.53. The van der Waals surface area contributed by atoms with Gasteiger partial charge in [-0.05, 0) is 43.0 Å². The predicted octanol–water partition coefficient (Wildman–Crippen LogP) is 4.68. The lowest BCUT2D eigenvalue weighted by Gasteiger charge is -2.49. The molecule has 4 rings (SSSR count). The standard InChI is InChI=1S/C26H28F2N4O5/c1-5-35-22(33)20-12-36-25(31-20)32-13-26(14-32,18-9-7-6-8-17(18)15(2)3)23(34)30-19-11-10-16(4)29-21(19)37-24(27)28/h6-12,15,24H,5,13-14H2,1-4H3,(H,30,34). The van der Waals surface area contributed by atoms with Gasteiger partial charge >= 0.3 is 12.6 Å². The maximum Gasteiger partial charge on any atom is 0.388 e. The lowest BCUT2D eigenvalue weighted by Crippen LogP contribution is -2.65. The van der Waals surface area contributed by atoms with Crippen LogP contribution in [0.15, 0.2) is 47.1 Å². The van der Waals surface area contributed by atoms with E-state index in [-0.39, 0.29) is 48.9 Å². The van der Waals surface area contributed by atoms with Crippen molar-refractivity contribution in [1.82, 2.24) is 9.97 Å². The highest BCUT2D eigenvalue weighted by molar-refractivity contribution is 6.02. The summed E-state index contributed by atoms with van der Waals surface area (Å²) in [5.41, 5.74) is 1.24. The Morgan fingerprint density at radius 1 is 1.16 bits per heavy atom. The number of oxazole rings is 1. The molecule has 0 unspecified atom stereocenters. The van der Waals surface area contributed by atoms with Crippen molar-refractivity contribution in [3.8, 4) is 5.88 Å². The zero-order chi connectivity index (χ0) is 26.7. The monoisotopic (exact) mass is 514 g/mol. The van der Waals surface area contributed by atoms with Crippen LogP contribution in [0.4, 0.5) is 20.5 Å². The summed E-state index contributed by atoms with van der Waals surface area (Å²) in [7, 11) is 0. The van der Waals surface area contributed by atoms with Crippen LogP contribution in [-0.4, -0.2) is 48.2 Å². The predicted molar refractivity (Wildman–Crippen MR) is 131 cm³/mol. The second-order valence-corrected chi connectivity index (χ2v) is 9.05. The molecule has 0 bridgehead atoms. The van der Waals surface area contributed by atoms with E-state index in [2.05, 4.69) is 20.0 Å². The number of aryl methyl sites for hydroxylation is 1. The Bertz CT molecular complexity index is 1290. The van der Waals surface area contributed by atoms with Crippen molar-refractivity contribution in [3.05, 3.63) is 65.2 Å². The maximum atomic E-state index is 13.9. The smallest absolute Gasteiger partial charge is 0.388 e. The van der Waals surface area contributed by atoms with Crippen LogP contribution < -0.4 is 15.0 Å². The van der Waals surface area contributed by atoms with Gasteiger partial charge in [0.25, 0.3) is 6.01 Å². The molecule has 0 aliphatic carbocycles. The average Bonchev–Trinajstić information content (AvgIpc) is 3.30. The minimum atomic E-state index is -3.10. The molecule has 196 valence electrons. The van der Waals surface area contributed by atoms with Gasteiger partial charge in [0.2, 0.25) is 11.8 Å². The summed E-state index contributed by atoms with van der Waals surface area (Å²) in [6, 6.07) is 10.8. The lowest BCUT2D eigenvalue weighted by molar-refractivity contribution is -0.122. The van der Waals surface area contributed by atoms with Crippen molar-refractivity contribution in [2.75, 3.05) is 29.9 Å². The minimum Gasteiger partial charge on any atom is -0.461 e. The summed E-state index contributed by atoms with van der Waals surface area (Å²) in [4.78, 5) is 35.8. The molecule has 0 spiro atoms. The molecule has 0 radical (unpaired) electrons. The van der Waals surface area contributed by atoms with Crippen molar-refractivity contribution in [3.63, 3.8) is 0 Å². The summed E-state index contributed by atoms with van der Waals surface area (Å²) in [6.45, 7) is 4.83. The van der Waals surface area contributed by atoms with E-state index < -0.39 is 23.9 Å². The van der Waals surface area contributed by atoms with Crippen LogP contribution in [0.3, 0.4) is 0 Å². The van der Waals surface area contributed by atoms with E-state index in [0.29, 0.717) is 5.69 Å². The van der Waals surface area contributed by atoms with Crippen molar-refractivity contribution in [2.45, 2.75) is 45.6 Å². The summed E-state index contributed by atoms with van der Waals surface area (Å²) < 4.78 is 41.0. The number of alkyl halides is 2. The molecular weight excluding hydrogens is 486 g/mol. The van der Waals surface area contributed by atoms with Crippen molar-refractivity contribution >= 4 is 23.6 Å². The molecule has 0 atom stereocenters. The van der Waals surface area contributed by atoms with Crippen LogP contribution in [0.2, 0.25) is 0 Å². The number of carbonyl (C=O) groups excluding carboxylic acids is 2. The van der Waals surface area contributed by atoms with Gasteiger partial charge in [-0.1, -0.05) is 38.1 Å². The third kappa shape index (κ3) is 5.25. The number of anilines is 2. The number of hydrogen-bond acceptors (Lipinski definition) is 8.